The average molecular weight is 410 g/mol. The van der Waals surface area contributed by atoms with E-state index in [0.29, 0.717) is 18.8 Å². The Kier molecular flexibility index (Phi) is 5.41. The zero-order valence-corrected chi connectivity index (χ0v) is 17.9. The van der Waals surface area contributed by atoms with Gasteiger partial charge in [-0.25, -0.2) is 4.98 Å². The largest absolute Gasteiger partial charge is 0.396 e. The van der Waals surface area contributed by atoms with Crippen molar-refractivity contribution in [2.75, 3.05) is 13.2 Å². The summed E-state index contributed by atoms with van der Waals surface area (Å²) < 4.78 is 0. The summed E-state index contributed by atoms with van der Waals surface area (Å²) in [6, 6.07) is 0. The highest BCUT2D eigenvalue weighted by Gasteiger charge is 2.64. The van der Waals surface area contributed by atoms with Crippen LogP contribution >= 0.6 is 11.3 Å². The lowest BCUT2D eigenvalue weighted by Crippen LogP contribution is -2.55. The Morgan fingerprint density at radius 2 is 1.82 bits per heavy atom. The van der Waals surface area contributed by atoms with Crippen molar-refractivity contribution in [1.82, 2.24) is 4.98 Å². The van der Waals surface area contributed by atoms with Gasteiger partial charge in [0.25, 0.3) is 0 Å². The molecule has 1 aromatic heterocycles. The number of aliphatic hydroxyl groups excluding tert-OH is 3. The summed E-state index contributed by atoms with van der Waals surface area (Å²) in [7, 11) is 0. The number of hydrogen-bond donors (Lipinski definition) is 4. The van der Waals surface area contributed by atoms with Crippen LogP contribution in [0.5, 0.6) is 0 Å². The molecular formula is C22H35NO4S. The Hall–Kier alpha value is -0.530. The van der Waals surface area contributed by atoms with Crippen molar-refractivity contribution in [2.45, 2.75) is 70.5 Å². The fourth-order valence-corrected chi connectivity index (χ4v) is 8.23. The molecule has 158 valence electrons. The van der Waals surface area contributed by atoms with E-state index in [4.69, 9.17) is 0 Å². The van der Waals surface area contributed by atoms with Gasteiger partial charge in [-0.2, -0.15) is 0 Å². The quantitative estimate of drug-likeness (QED) is 0.613. The lowest BCUT2D eigenvalue weighted by molar-refractivity contribution is -0.153. The second-order valence-corrected chi connectivity index (χ2v) is 11.0. The number of nitrogens with zero attached hydrogens (tertiary/aromatic N) is 1. The van der Waals surface area contributed by atoms with E-state index in [1.54, 1.807) is 6.20 Å². The minimum atomic E-state index is -0.912. The molecule has 8 atom stereocenters. The number of aromatic nitrogens is 1. The van der Waals surface area contributed by atoms with Gasteiger partial charge < -0.3 is 20.4 Å². The summed E-state index contributed by atoms with van der Waals surface area (Å²) in [4.78, 5) is 4.46. The molecule has 0 saturated heterocycles. The van der Waals surface area contributed by atoms with Gasteiger partial charge >= 0.3 is 0 Å². The van der Waals surface area contributed by atoms with Crippen LogP contribution in [0.4, 0.5) is 0 Å². The Balaban J connectivity index is 1.66. The lowest BCUT2D eigenvalue weighted by Gasteiger charge is -2.57. The molecule has 5 nitrogen and oxygen atoms in total. The second kappa shape index (κ2) is 7.31. The smallest absolute Gasteiger partial charge is 0.125 e. The van der Waals surface area contributed by atoms with E-state index in [1.807, 2.05) is 5.38 Å². The molecule has 4 rings (SSSR count). The molecule has 3 saturated carbocycles. The topological polar surface area (TPSA) is 93.8 Å². The van der Waals surface area contributed by atoms with Crippen molar-refractivity contribution in [1.29, 1.82) is 0 Å². The SMILES string of the molecule is CC1(C2CCC3(C)C(CCC3(O)c3nccs3)C2CO)CCC(O)CC1CO. The van der Waals surface area contributed by atoms with E-state index in [0.717, 1.165) is 37.1 Å². The van der Waals surface area contributed by atoms with Crippen LogP contribution in [0.15, 0.2) is 11.6 Å². The fraction of sp³-hybridized carbons (Fsp3) is 0.864. The third-order valence-electron chi connectivity index (χ3n) is 9.16. The standard InChI is InChI=1S/C22H35NO4S/c1-20(6-3-15(26)11-14(20)12-24)17-4-7-21(2)18(16(17)13-25)5-8-22(21,27)19-23-9-10-28-19/h9-10,14-18,24-27H,3-8,11-13H2,1-2H3. The van der Waals surface area contributed by atoms with Crippen LogP contribution in [0.3, 0.4) is 0 Å². The molecule has 0 spiro atoms. The van der Waals surface area contributed by atoms with Gasteiger partial charge in [-0.1, -0.05) is 13.8 Å². The molecule has 4 N–H and O–H groups in total. The van der Waals surface area contributed by atoms with Gasteiger partial charge in [-0.3, -0.25) is 0 Å². The summed E-state index contributed by atoms with van der Waals surface area (Å²) in [5.74, 6) is 0.730. The summed E-state index contributed by atoms with van der Waals surface area (Å²) in [5, 5.41) is 45.1. The second-order valence-electron chi connectivity index (χ2n) is 10.1. The van der Waals surface area contributed by atoms with Crippen LogP contribution in [-0.4, -0.2) is 44.7 Å². The molecule has 28 heavy (non-hydrogen) atoms. The Bertz CT molecular complexity index is 684. The van der Waals surface area contributed by atoms with Crippen LogP contribution in [0.1, 0.15) is 63.8 Å². The Labute approximate surface area is 171 Å². The first-order valence-corrected chi connectivity index (χ1v) is 11.7. The first-order valence-electron chi connectivity index (χ1n) is 10.8. The minimum Gasteiger partial charge on any atom is -0.396 e. The van der Waals surface area contributed by atoms with E-state index >= 15 is 0 Å². The van der Waals surface area contributed by atoms with Crippen molar-refractivity contribution in [3.63, 3.8) is 0 Å². The molecule has 1 heterocycles. The Morgan fingerprint density at radius 1 is 1.07 bits per heavy atom. The molecule has 0 bridgehead atoms. The van der Waals surface area contributed by atoms with Gasteiger partial charge in [0.15, 0.2) is 0 Å². The van der Waals surface area contributed by atoms with Crippen LogP contribution < -0.4 is 0 Å². The summed E-state index contributed by atoms with van der Waals surface area (Å²) in [5.41, 5.74) is -1.27. The van der Waals surface area contributed by atoms with Crippen LogP contribution in [0.2, 0.25) is 0 Å². The van der Waals surface area contributed by atoms with Crippen molar-refractivity contribution in [2.24, 2.45) is 34.5 Å². The van der Waals surface area contributed by atoms with Gasteiger partial charge in [0.05, 0.1) is 6.10 Å². The summed E-state index contributed by atoms with van der Waals surface area (Å²) >= 11 is 1.53. The molecule has 3 aliphatic carbocycles. The highest BCUT2D eigenvalue weighted by molar-refractivity contribution is 7.09. The number of hydrogen-bond acceptors (Lipinski definition) is 6. The molecule has 1 aromatic rings. The molecule has 0 aliphatic heterocycles. The van der Waals surface area contributed by atoms with E-state index in [9.17, 15) is 20.4 Å². The molecule has 3 aliphatic rings. The predicted molar refractivity (Wildman–Crippen MR) is 109 cm³/mol. The monoisotopic (exact) mass is 409 g/mol. The number of aliphatic hydroxyl groups is 4. The molecule has 0 radical (unpaired) electrons. The van der Waals surface area contributed by atoms with Crippen molar-refractivity contribution in [3.05, 3.63) is 16.6 Å². The van der Waals surface area contributed by atoms with Gasteiger partial charge in [-0.05, 0) is 74.0 Å². The van der Waals surface area contributed by atoms with Crippen LogP contribution in [0, 0.1) is 34.5 Å². The first kappa shape index (κ1) is 20.7. The van der Waals surface area contributed by atoms with Gasteiger partial charge in [0, 0.05) is 30.2 Å². The highest BCUT2D eigenvalue weighted by atomic mass is 32.1. The number of fused-ring (bicyclic) bond motifs is 1. The summed E-state index contributed by atoms with van der Waals surface area (Å²) in [6.07, 6.45) is 7.19. The Morgan fingerprint density at radius 3 is 2.46 bits per heavy atom. The van der Waals surface area contributed by atoms with Crippen molar-refractivity contribution < 1.29 is 20.4 Å². The number of thiazole rings is 1. The molecule has 0 amide bonds. The van der Waals surface area contributed by atoms with Gasteiger partial charge in [0.2, 0.25) is 0 Å². The van der Waals surface area contributed by atoms with Gasteiger partial charge in [0.1, 0.15) is 10.6 Å². The molecule has 8 unspecified atom stereocenters. The van der Waals surface area contributed by atoms with Gasteiger partial charge in [-0.15, -0.1) is 11.3 Å². The minimum absolute atomic E-state index is 0.0684. The van der Waals surface area contributed by atoms with E-state index in [-0.39, 0.29) is 47.9 Å². The zero-order valence-electron chi connectivity index (χ0n) is 17.0. The van der Waals surface area contributed by atoms with Crippen LogP contribution in [0.25, 0.3) is 0 Å². The molecule has 6 heteroatoms. The lowest BCUT2D eigenvalue weighted by atomic mass is 9.48. The maximum atomic E-state index is 11.7. The van der Waals surface area contributed by atoms with Crippen LogP contribution in [-0.2, 0) is 5.60 Å². The van der Waals surface area contributed by atoms with Crippen molar-refractivity contribution >= 4 is 11.3 Å². The molecule has 3 fully saturated rings. The molecular weight excluding hydrogens is 374 g/mol. The third kappa shape index (κ3) is 2.83. The fourth-order valence-electron chi connectivity index (χ4n) is 7.32. The molecule has 0 aromatic carbocycles. The maximum Gasteiger partial charge on any atom is 0.125 e. The normalized spacial score (nSPS) is 49.1. The van der Waals surface area contributed by atoms with E-state index < -0.39 is 5.60 Å². The highest BCUT2D eigenvalue weighted by Crippen LogP contribution is 2.67. The average Bonchev–Trinajstić information content (AvgIpc) is 3.31. The predicted octanol–water partition coefficient (Wildman–Crippen LogP) is 2.93. The summed E-state index contributed by atoms with van der Waals surface area (Å²) in [6.45, 7) is 4.67. The maximum absolute atomic E-state index is 11.7. The third-order valence-corrected chi connectivity index (χ3v) is 10.1. The first-order chi connectivity index (χ1) is 13.3. The van der Waals surface area contributed by atoms with Crippen molar-refractivity contribution in [3.8, 4) is 0 Å². The zero-order chi connectivity index (χ0) is 20.2. The van der Waals surface area contributed by atoms with E-state index in [1.165, 1.54) is 11.3 Å². The number of rotatable bonds is 4. The van der Waals surface area contributed by atoms with E-state index in [2.05, 4.69) is 18.8 Å².